The van der Waals surface area contributed by atoms with Gasteiger partial charge in [0, 0.05) is 18.0 Å². The van der Waals surface area contributed by atoms with Crippen LogP contribution in [0.3, 0.4) is 0 Å². The Bertz CT molecular complexity index is 921. The molecule has 0 saturated carbocycles. The summed E-state index contributed by atoms with van der Waals surface area (Å²) in [5.41, 5.74) is 1.13. The van der Waals surface area contributed by atoms with Gasteiger partial charge in [-0.2, -0.15) is 9.50 Å². The molecule has 0 aliphatic carbocycles. The lowest BCUT2D eigenvalue weighted by Gasteiger charge is -2.06. The minimum absolute atomic E-state index is 0.108. The van der Waals surface area contributed by atoms with Gasteiger partial charge in [-0.05, 0) is 19.3 Å². The van der Waals surface area contributed by atoms with Gasteiger partial charge in [0.2, 0.25) is 11.9 Å². The van der Waals surface area contributed by atoms with Crippen molar-refractivity contribution < 1.29 is 4.79 Å². The molecule has 0 atom stereocenters. The van der Waals surface area contributed by atoms with Crippen LogP contribution in [-0.4, -0.2) is 35.0 Å². The average molecular weight is 329 g/mol. The van der Waals surface area contributed by atoms with Crippen molar-refractivity contribution in [3.8, 4) is 0 Å². The van der Waals surface area contributed by atoms with Gasteiger partial charge in [0.05, 0.1) is 12.0 Å². The highest BCUT2D eigenvalue weighted by Gasteiger charge is 2.15. The predicted molar refractivity (Wildman–Crippen MR) is 87.7 cm³/mol. The summed E-state index contributed by atoms with van der Waals surface area (Å²) in [4.78, 5) is 36.9. The Labute approximate surface area is 137 Å². The Kier molecular flexibility index (Phi) is 4.15. The molecule has 0 unspecified atom stereocenters. The monoisotopic (exact) mass is 329 g/mol. The summed E-state index contributed by atoms with van der Waals surface area (Å²) in [6.07, 6.45) is 5.47. The van der Waals surface area contributed by atoms with Crippen LogP contribution in [-0.2, 0) is 17.8 Å². The molecule has 0 fully saturated rings. The van der Waals surface area contributed by atoms with Crippen molar-refractivity contribution in [1.29, 1.82) is 0 Å². The quantitative estimate of drug-likeness (QED) is 0.718. The number of aromatic nitrogens is 6. The smallest absolute Gasteiger partial charge is 0.277 e. The van der Waals surface area contributed by atoms with Crippen LogP contribution in [0.25, 0.3) is 5.78 Å². The largest absolute Gasteiger partial charge is 0.328 e. The van der Waals surface area contributed by atoms with Crippen molar-refractivity contribution >= 4 is 17.6 Å². The van der Waals surface area contributed by atoms with Crippen molar-refractivity contribution in [3.05, 3.63) is 40.3 Å². The predicted octanol–water partition coefficient (Wildman–Crippen LogP) is 0.760. The first-order valence-corrected chi connectivity index (χ1v) is 7.68. The first-order chi connectivity index (χ1) is 11.4. The lowest BCUT2D eigenvalue weighted by atomic mass is 10.0. The summed E-state index contributed by atoms with van der Waals surface area (Å²) in [5.74, 6) is 0.488. The van der Waals surface area contributed by atoms with Crippen molar-refractivity contribution in [3.63, 3.8) is 0 Å². The third kappa shape index (κ3) is 3.19. The first-order valence-electron chi connectivity index (χ1n) is 7.68. The summed E-state index contributed by atoms with van der Waals surface area (Å²) >= 11 is 0. The van der Waals surface area contributed by atoms with E-state index in [0.29, 0.717) is 23.6 Å². The van der Waals surface area contributed by atoms with Gasteiger partial charge in [-0.1, -0.05) is 13.8 Å². The van der Waals surface area contributed by atoms with Crippen LogP contribution in [0, 0.1) is 12.8 Å². The van der Waals surface area contributed by atoms with Gasteiger partial charge in [-0.3, -0.25) is 20.0 Å². The maximum absolute atomic E-state index is 12.6. The highest BCUT2D eigenvalue weighted by molar-refractivity contribution is 5.88. The molecule has 9 nitrogen and oxygen atoms in total. The molecular formula is C15H19N7O2. The maximum atomic E-state index is 12.6. The number of H-pyrrole nitrogens is 1. The molecule has 3 rings (SSSR count). The number of nitrogens with one attached hydrogen (secondary N) is 2. The van der Waals surface area contributed by atoms with Crippen molar-refractivity contribution in [2.75, 3.05) is 5.32 Å². The Balaban J connectivity index is 1.87. The fourth-order valence-corrected chi connectivity index (χ4v) is 2.47. The lowest BCUT2D eigenvalue weighted by Crippen LogP contribution is -2.23. The number of amides is 1. The number of imidazole rings is 1. The van der Waals surface area contributed by atoms with E-state index in [0.717, 1.165) is 0 Å². The van der Waals surface area contributed by atoms with Gasteiger partial charge in [-0.25, -0.2) is 9.97 Å². The zero-order chi connectivity index (χ0) is 17.3. The minimum atomic E-state index is -0.278. The van der Waals surface area contributed by atoms with E-state index in [4.69, 9.17) is 0 Å². The van der Waals surface area contributed by atoms with E-state index in [1.54, 1.807) is 30.2 Å². The molecular weight excluding hydrogens is 310 g/mol. The van der Waals surface area contributed by atoms with Crippen molar-refractivity contribution in [2.24, 2.45) is 5.92 Å². The minimum Gasteiger partial charge on any atom is -0.328 e. The number of rotatable bonds is 5. The van der Waals surface area contributed by atoms with E-state index in [2.05, 4.69) is 25.4 Å². The third-order valence-electron chi connectivity index (χ3n) is 3.55. The molecule has 0 saturated heterocycles. The van der Waals surface area contributed by atoms with Crippen LogP contribution in [0.2, 0.25) is 0 Å². The zero-order valence-corrected chi connectivity index (χ0v) is 13.8. The fourth-order valence-electron chi connectivity index (χ4n) is 2.47. The fraction of sp³-hybridized carbons (Fsp3) is 0.400. The number of carbonyl (C=O) groups excluding carboxylic acids is 1. The Morgan fingerprint density at radius 2 is 2.17 bits per heavy atom. The molecule has 126 valence electrons. The maximum Gasteiger partial charge on any atom is 0.277 e. The Morgan fingerprint density at radius 1 is 1.38 bits per heavy atom. The summed E-state index contributed by atoms with van der Waals surface area (Å²) in [6, 6.07) is 0. The standard InChI is InChI=1S/C15H19N7O2/c1-9(2)6-11-10(3)17-15-19-14(20-22(15)13(11)24)18-12(23)7-21-5-4-16-8-21/h4-5,8-9H,6-7H2,1-3H3,(H2,17,18,19,20,23). The molecule has 0 bridgehead atoms. The molecule has 3 aromatic rings. The van der Waals surface area contributed by atoms with Gasteiger partial charge in [0.15, 0.2) is 0 Å². The molecule has 0 aromatic carbocycles. The number of carbonyl (C=O) groups is 1. The number of aromatic amines is 1. The lowest BCUT2D eigenvalue weighted by molar-refractivity contribution is -0.116. The van der Waals surface area contributed by atoms with E-state index in [-0.39, 0.29) is 29.7 Å². The number of fused-ring (bicyclic) bond motifs is 1. The summed E-state index contributed by atoms with van der Waals surface area (Å²) < 4.78 is 2.89. The number of anilines is 1. The van der Waals surface area contributed by atoms with E-state index in [1.165, 1.54) is 4.52 Å². The van der Waals surface area contributed by atoms with Crippen LogP contribution < -0.4 is 10.9 Å². The normalized spacial score (nSPS) is 11.3. The average Bonchev–Trinajstić information content (AvgIpc) is 3.12. The molecule has 9 heteroatoms. The van der Waals surface area contributed by atoms with E-state index >= 15 is 0 Å². The van der Waals surface area contributed by atoms with Crippen LogP contribution in [0.15, 0.2) is 23.5 Å². The summed E-state index contributed by atoms with van der Waals surface area (Å²) in [5, 5.41) is 5.41. The van der Waals surface area contributed by atoms with E-state index in [9.17, 15) is 9.59 Å². The van der Waals surface area contributed by atoms with Gasteiger partial charge in [0.1, 0.15) is 6.54 Å². The van der Waals surface area contributed by atoms with Gasteiger partial charge in [0.25, 0.3) is 11.3 Å². The second-order valence-electron chi connectivity index (χ2n) is 6.07. The van der Waals surface area contributed by atoms with Crippen molar-refractivity contribution in [2.45, 2.75) is 33.7 Å². The topological polar surface area (TPSA) is 110 Å². The molecule has 3 heterocycles. The molecule has 3 aromatic heterocycles. The molecule has 0 spiro atoms. The first kappa shape index (κ1) is 15.9. The second kappa shape index (κ2) is 6.26. The molecule has 1 amide bonds. The highest BCUT2D eigenvalue weighted by Crippen LogP contribution is 2.09. The van der Waals surface area contributed by atoms with Gasteiger partial charge < -0.3 is 4.57 Å². The van der Waals surface area contributed by atoms with Gasteiger partial charge in [-0.15, -0.1) is 0 Å². The van der Waals surface area contributed by atoms with Crippen LogP contribution >= 0.6 is 0 Å². The highest BCUT2D eigenvalue weighted by atomic mass is 16.2. The SMILES string of the molecule is Cc1nc2nc(NC(=O)Cn3ccnc3)[nH]n2c(=O)c1CC(C)C. The van der Waals surface area contributed by atoms with E-state index < -0.39 is 0 Å². The molecule has 0 aliphatic heterocycles. The molecule has 0 aliphatic rings. The number of nitrogens with zero attached hydrogens (tertiary/aromatic N) is 5. The van der Waals surface area contributed by atoms with Gasteiger partial charge >= 0.3 is 0 Å². The Hall–Kier alpha value is -2.97. The molecule has 2 N–H and O–H groups in total. The van der Waals surface area contributed by atoms with Crippen LogP contribution in [0.1, 0.15) is 25.1 Å². The van der Waals surface area contributed by atoms with Crippen molar-refractivity contribution in [1.82, 2.24) is 29.1 Å². The second-order valence-corrected chi connectivity index (χ2v) is 6.07. The number of hydrogen-bond acceptors (Lipinski definition) is 5. The third-order valence-corrected chi connectivity index (χ3v) is 3.55. The summed E-state index contributed by atoms with van der Waals surface area (Å²) in [7, 11) is 0. The number of aryl methyl sites for hydroxylation is 1. The molecule has 0 radical (unpaired) electrons. The molecule has 24 heavy (non-hydrogen) atoms. The number of hydrogen-bond donors (Lipinski definition) is 2. The Morgan fingerprint density at radius 3 is 2.83 bits per heavy atom. The summed E-state index contributed by atoms with van der Waals surface area (Å²) in [6.45, 7) is 5.99. The van der Waals surface area contributed by atoms with Crippen LogP contribution in [0.5, 0.6) is 0 Å². The van der Waals surface area contributed by atoms with E-state index in [1.807, 2.05) is 13.8 Å². The zero-order valence-electron chi connectivity index (χ0n) is 13.8. The van der Waals surface area contributed by atoms with Crippen LogP contribution in [0.4, 0.5) is 5.95 Å².